The average molecular weight is 334 g/mol. The van der Waals surface area contributed by atoms with Gasteiger partial charge in [-0.05, 0) is 24.6 Å². The number of benzene rings is 1. The number of aromatic nitrogens is 1. The van der Waals surface area contributed by atoms with E-state index in [9.17, 15) is 4.79 Å². The quantitative estimate of drug-likeness (QED) is 0.860. The number of hydrogen-bond acceptors (Lipinski definition) is 3. The van der Waals surface area contributed by atoms with E-state index in [2.05, 4.69) is 41.0 Å². The standard InChI is InChI=1S/C18H23N3O.ClH/c1-16-6-2-3-7-17(16)20-13-10-19(11-14-20)12-15-21-9-5-4-8-18(21)22;/h2-9H,10-15H2,1H3;1H. The molecule has 5 heteroatoms. The molecule has 124 valence electrons. The molecule has 2 heterocycles. The van der Waals surface area contributed by atoms with Gasteiger partial charge in [0.05, 0.1) is 0 Å². The number of halogens is 1. The monoisotopic (exact) mass is 333 g/mol. The number of hydrogen-bond donors (Lipinski definition) is 0. The molecule has 1 saturated heterocycles. The predicted octanol–water partition coefficient (Wildman–Crippen LogP) is 2.40. The van der Waals surface area contributed by atoms with E-state index in [1.807, 2.05) is 12.3 Å². The zero-order valence-electron chi connectivity index (χ0n) is 13.5. The summed E-state index contributed by atoms with van der Waals surface area (Å²) in [4.78, 5) is 16.6. The van der Waals surface area contributed by atoms with Gasteiger partial charge in [0.1, 0.15) is 0 Å². The maximum absolute atomic E-state index is 11.7. The Labute approximate surface area is 143 Å². The molecule has 0 bridgehead atoms. The van der Waals surface area contributed by atoms with Crippen molar-refractivity contribution in [3.8, 4) is 0 Å². The molecule has 23 heavy (non-hydrogen) atoms. The van der Waals surface area contributed by atoms with Crippen LogP contribution >= 0.6 is 12.4 Å². The van der Waals surface area contributed by atoms with Crippen LogP contribution in [-0.4, -0.2) is 42.2 Å². The number of pyridine rings is 1. The van der Waals surface area contributed by atoms with Crippen molar-refractivity contribution in [1.82, 2.24) is 9.47 Å². The largest absolute Gasteiger partial charge is 0.369 e. The van der Waals surface area contributed by atoms with Crippen molar-refractivity contribution in [1.29, 1.82) is 0 Å². The van der Waals surface area contributed by atoms with Gasteiger partial charge in [0.15, 0.2) is 0 Å². The SMILES string of the molecule is Cc1ccccc1N1CCN(CCn2ccccc2=O)CC1.Cl. The first-order valence-electron chi connectivity index (χ1n) is 7.92. The van der Waals surface area contributed by atoms with Crippen LogP contribution in [0.5, 0.6) is 0 Å². The summed E-state index contributed by atoms with van der Waals surface area (Å²) in [6.07, 6.45) is 1.87. The first-order chi connectivity index (χ1) is 10.7. The molecule has 0 radical (unpaired) electrons. The Hall–Kier alpha value is -1.78. The van der Waals surface area contributed by atoms with Crippen LogP contribution in [0, 0.1) is 6.92 Å². The van der Waals surface area contributed by atoms with E-state index in [0.29, 0.717) is 0 Å². The van der Waals surface area contributed by atoms with Gasteiger partial charge in [-0.3, -0.25) is 9.69 Å². The van der Waals surface area contributed by atoms with Gasteiger partial charge in [-0.2, -0.15) is 0 Å². The van der Waals surface area contributed by atoms with Gasteiger partial charge >= 0.3 is 0 Å². The molecule has 0 saturated carbocycles. The van der Waals surface area contributed by atoms with Gasteiger partial charge in [0.2, 0.25) is 0 Å². The lowest BCUT2D eigenvalue weighted by Gasteiger charge is -2.36. The summed E-state index contributed by atoms with van der Waals surface area (Å²) in [6.45, 7) is 8.08. The zero-order chi connectivity index (χ0) is 15.4. The van der Waals surface area contributed by atoms with Crippen LogP contribution in [0.25, 0.3) is 0 Å². The maximum atomic E-state index is 11.7. The van der Waals surface area contributed by atoms with Crippen LogP contribution in [0.2, 0.25) is 0 Å². The molecule has 0 aliphatic carbocycles. The van der Waals surface area contributed by atoms with Crippen LogP contribution in [0.15, 0.2) is 53.5 Å². The number of anilines is 1. The second-order valence-corrected chi connectivity index (χ2v) is 5.85. The Bertz CT molecular complexity index is 678. The highest BCUT2D eigenvalue weighted by atomic mass is 35.5. The van der Waals surface area contributed by atoms with Crippen molar-refractivity contribution in [3.63, 3.8) is 0 Å². The minimum atomic E-state index is 0. The molecule has 0 atom stereocenters. The molecule has 1 aliphatic rings. The summed E-state index contributed by atoms with van der Waals surface area (Å²) in [6, 6.07) is 13.9. The molecule has 1 aliphatic heterocycles. The highest BCUT2D eigenvalue weighted by molar-refractivity contribution is 5.85. The van der Waals surface area contributed by atoms with E-state index in [0.717, 1.165) is 39.3 Å². The smallest absolute Gasteiger partial charge is 0.250 e. The van der Waals surface area contributed by atoms with Gasteiger partial charge in [0.25, 0.3) is 5.56 Å². The molecule has 2 aromatic rings. The second kappa shape index (κ2) is 8.18. The summed E-state index contributed by atoms with van der Waals surface area (Å²) in [5.74, 6) is 0. The summed E-state index contributed by atoms with van der Waals surface area (Å²) < 4.78 is 1.79. The van der Waals surface area contributed by atoms with E-state index in [1.54, 1.807) is 16.7 Å². The molecule has 0 unspecified atom stereocenters. The number of aryl methyl sites for hydroxylation is 1. The first-order valence-corrected chi connectivity index (χ1v) is 7.92. The minimum Gasteiger partial charge on any atom is -0.369 e. The topological polar surface area (TPSA) is 28.5 Å². The Kier molecular flexibility index (Phi) is 6.25. The Morgan fingerprint density at radius 3 is 2.30 bits per heavy atom. The third-order valence-electron chi connectivity index (χ3n) is 4.38. The van der Waals surface area contributed by atoms with E-state index >= 15 is 0 Å². The van der Waals surface area contributed by atoms with Gasteiger partial charge < -0.3 is 9.47 Å². The highest BCUT2D eigenvalue weighted by Gasteiger charge is 2.17. The minimum absolute atomic E-state index is 0. The van der Waals surface area contributed by atoms with Crippen molar-refractivity contribution in [2.75, 3.05) is 37.6 Å². The molecular formula is C18H24ClN3O. The van der Waals surface area contributed by atoms with Crippen molar-refractivity contribution >= 4 is 18.1 Å². The third-order valence-corrected chi connectivity index (χ3v) is 4.38. The Morgan fingerprint density at radius 1 is 0.913 bits per heavy atom. The van der Waals surface area contributed by atoms with Crippen molar-refractivity contribution in [2.45, 2.75) is 13.5 Å². The van der Waals surface area contributed by atoms with E-state index in [-0.39, 0.29) is 18.0 Å². The number of piperazine rings is 1. The van der Waals surface area contributed by atoms with Crippen LogP contribution in [0.4, 0.5) is 5.69 Å². The average Bonchev–Trinajstić information content (AvgIpc) is 2.55. The lowest BCUT2D eigenvalue weighted by molar-refractivity contribution is 0.247. The zero-order valence-corrected chi connectivity index (χ0v) is 14.3. The van der Waals surface area contributed by atoms with E-state index < -0.39 is 0 Å². The molecule has 1 fully saturated rings. The summed E-state index contributed by atoms with van der Waals surface area (Å²) in [7, 11) is 0. The molecule has 1 aromatic heterocycles. The Balaban J connectivity index is 0.00000192. The second-order valence-electron chi connectivity index (χ2n) is 5.85. The van der Waals surface area contributed by atoms with Crippen molar-refractivity contribution < 1.29 is 0 Å². The first kappa shape index (κ1) is 17.6. The Morgan fingerprint density at radius 2 is 1.61 bits per heavy atom. The number of para-hydroxylation sites is 1. The third kappa shape index (κ3) is 4.36. The van der Waals surface area contributed by atoms with Gasteiger partial charge in [0, 0.05) is 57.2 Å². The fourth-order valence-electron chi connectivity index (χ4n) is 3.03. The van der Waals surface area contributed by atoms with Gasteiger partial charge in [-0.25, -0.2) is 0 Å². The molecule has 0 N–H and O–H groups in total. The van der Waals surface area contributed by atoms with E-state index in [1.165, 1.54) is 11.3 Å². The van der Waals surface area contributed by atoms with Gasteiger partial charge in [-0.15, -0.1) is 12.4 Å². The lowest BCUT2D eigenvalue weighted by atomic mass is 10.1. The van der Waals surface area contributed by atoms with Crippen LogP contribution in [0.3, 0.4) is 0 Å². The van der Waals surface area contributed by atoms with Crippen molar-refractivity contribution in [3.05, 3.63) is 64.6 Å². The summed E-state index contributed by atoms with van der Waals surface area (Å²) in [5.41, 5.74) is 2.77. The number of rotatable bonds is 4. The van der Waals surface area contributed by atoms with Crippen LogP contribution in [-0.2, 0) is 6.54 Å². The normalized spacial score (nSPS) is 15.3. The fourth-order valence-corrected chi connectivity index (χ4v) is 3.03. The molecule has 0 amide bonds. The van der Waals surface area contributed by atoms with Crippen LogP contribution < -0.4 is 10.5 Å². The molecule has 0 spiro atoms. The fraction of sp³-hybridized carbons (Fsp3) is 0.389. The molecule has 1 aromatic carbocycles. The molecular weight excluding hydrogens is 310 g/mol. The van der Waals surface area contributed by atoms with Crippen molar-refractivity contribution in [2.24, 2.45) is 0 Å². The molecule has 3 rings (SSSR count). The number of nitrogens with zero attached hydrogens (tertiary/aromatic N) is 3. The molecule has 4 nitrogen and oxygen atoms in total. The highest BCUT2D eigenvalue weighted by Crippen LogP contribution is 2.20. The lowest BCUT2D eigenvalue weighted by Crippen LogP contribution is -2.47. The van der Waals surface area contributed by atoms with Gasteiger partial charge in [-0.1, -0.05) is 24.3 Å². The predicted molar refractivity (Wildman–Crippen MR) is 97.8 cm³/mol. The maximum Gasteiger partial charge on any atom is 0.250 e. The van der Waals surface area contributed by atoms with E-state index in [4.69, 9.17) is 0 Å². The summed E-state index contributed by atoms with van der Waals surface area (Å²) in [5, 5.41) is 0. The van der Waals surface area contributed by atoms with Crippen LogP contribution in [0.1, 0.15) is 5.56 Å². The summed E-state index contributed by atoms with van der Waals surface area (Å²) >= 11 is 0.